The van der Waals surface area contributed by atoms with Crippen LogP contribution in [0, 0.1) is 6.92 Å². The maximum Gasteiger partial charge on any atom is 0.216 e. The van der Waals surface area contributed by atoms with Crippen molar-refractivity contribution in [3.63, 3.8) is 0 Å². The largest absolute Gasteiger partial charge is 0.487 e. The lowest BCUT2D eigenvalue weighted by Crippen LogP contribution is -2.44. The molecule has 1 aliphatic rings. The number of hydrogen-bond acceptors (Lipinski definition) is 3. The predicted molar refractivity (Wildman–Crippen MR) is 105 cm³/mol. The van der Waals surface area contributed by atoms with Crippen molar-refractivity contribution in [3.8, 4) is 5.75 Å². The third kappa shape index (κ3) is 4.10. The van der Waals surface area contributed by atoms with Crippen molar-refractivity contribution in [2.24, 2.45) is 0 Å². The normalized spacial score (nSPS) is 18.8. The molecule has 0 aliphatic carbocycles. The topological polar surface area (TPSA) is 55.4 Å². The Morgan fingerprint density at radius 3 is 2.54 bits per heavy atom. The van der Waals surface area contributed by atoms with E-state index in [1.165, 1.54) is 0 Å². The molecule has 0 fully saturated rings. The molecule has 3 rings (SSSR count). The van der Waals surface area contributed by atoms with Crippen LogP contribution in [0.5, 0.6) is 5.75 Å². The molecule has 1 heterocycles. The second-order valence-corrected chi connectivity index (χ2v) is 8.91. The smallest absolute Gasteiger partial charge is 0.216 e. The van der Waals surface area contributed by atoms with Crippen molar-refractivity contribution in [1.82, 2.24) is 4.72 Å². The van der Waals surface area contributed by atoms with E-state index in [-0.39, 0.29) is 17.4 Å². The van der Waals surface area contributed by atoms with Crippen molar-refractivity contribution >= 4 is 10.0 Å². The number of rotatable bonds is 6. The van der Waals surface area contributed by atoms with E-state index >= 15 is 0 Å². The number of nitrogens with one attached hydrogen (secondary N) is 1. The van der Waals surface area contributed by atoms with Gasteiger partial charge in [-0.2, -0.15) is 0 Å². The van der Waals surface area contributed by atoms with E-state index in [0.717, 1.165) is 35.3 Å². The molecule has 2 aromatic carbocycles. The molecule has 0 aromatic heterocycles. The van der Waals surface area contributed by atoms with Gasteiger partial charge < -0.3 is 4.74 Å². The molecule has 26 heavy (non-hydrogen) atoms. The minimum absolute atomic E-state index is 0.0144. The number of para-hydroxylation sites is 1. The number of aryl methyl sites for hydroxylation is 1. The zero-order valence-corrected chi connectivity index (χ0v) is 16.5. The van der Waals surface area contributed by atoms with Gasteiger partial charge in [0.2, 0.25) is 10.0 Å². The molecule has 0 bridgehead atoms. The summed E-state index contributed by atoms with van der Waals surface area (Å²) in [6.45, 7) is 6.15. The predicted octanol–water partition coefficient (Wildman–Crippen LogP) is 4.50. The van der Waals surface area contributed by atoms with E-state index in [1.807, 2.05) is 55.5 Å². The Kier molecular flexibility index (Phi) is 5.39. The molecule has 0 amide bonds. The van der Waals surface area contributed by atoms with Gasteiger partial charge in [0.25, 0.3) is 0 Å². The highest BCUT2D eigenvalue weighted by Gasteiger charge is 2.39. The fourth-order valence-corrected chi connectivity index (χ4v) is 5.03. The van der Waals surface area contributed by atoms with Gasteiger partial charge in [0.1, 0.15) is 11.4 Å². The standard InChI is InChI=1S/C21H27NO3S/c1-4-21(5-2)14-19(18-11-6-7-12-20(18)25-21)22-26(23,24)15-17-10-8-9-16(3)13-17/h6-13,19,22H,4-5,14-15H2,1-3H3. The number of sulfonamides is 1. The zero-order valence-electron chi connectivity index (χ0n) is 15.7. The van der Waals surface area contributed by atoms with Gasteiger partial charge in [-0.05, 0) is 31.4 Å². The summed E-state index contributed by atoms with van der Waals surface area (Å²) in [5, 5.41) is 0. The lowest BCUT2D eigenvalue weighted by molar-refractivity contribution is 0.0260. The van der Waals surface area contributed by atoms with E-state index in [9.17, 15) is 8.42 Å². The van der Waals surface area contributed by atoms with E-state index in [0.29, 0.717) is 6.42 Å². The Bertz CT molecular complexity index is 872. The van der Waals surface area contributed by atoms with Gasteiger partial charge in [0.05, 0.1) is 11.8 Å². The molecular weight excluding hydrogens is 346 g/mol. The van der Waals surface area contributed by atoms with Crippen LogP contribution in [0.15, 0.2) is 48.5 Å². The molecule has 0 saturated heterocycles. The first kappa shape index (κ1) is 18.9. The first-order valence-corrected chi connectivity index (χ1v) is 10.8. The lowest BCUT2D eigenvalue weighted by atomic mass is 9.84. The third-order valence-corrected chi connectivity index (χ3v) is 6.60. The van der Waals surface area contributed by atoms with Gasteiger partial charge >= 0.3 is 0 Å². The van der Waals surface area contributed by atoms with Gasteiger partial charge in [-0.3, -0.25) is 0 Å². The molecule has 0 saturated carbocycles. The first-order chi connectivity index (χ1) is 12.4. The Morgan fingerprint density at radius 2 is 1.85 bits per heavy atom. The summed E-state index contributed by atoms with van der Waals surface area (Å²) in [6.07, 6.45) is 2.33. The molecule has 5 heteroatoms. The second kappa shape index (κ2) is 7.41. The van der Waals surface area contributed by atoms with Gasteiger partial charge in [0, 0.05) is 12.0 Å². The Balaban J connectivity index is 1.87. The molecule has 1 unspecified atom stereocenters. The Morgan fingerprint density at radius 1 is 1.12 bits per heavy atom. The summed E-state index contributed by atoms with van der Waals surface area (Å²) < 4.78 is 34.8. The van der Waals surface area contributed by atoms with E-state index in [4.69, 9.17) is 4.74 Å². The maximum absolute atomic E-state index is 12.8. The summed E-state index contributed by atoms with van der Waals surface area (Å²) in [6, 6.07) is 15.1. The highest BCUT2D eigenvalue weighted by molar-refractivity contribution is 7.88. The quantitative estimate of drug-likeness (QED) is 0.811. The van der Waals surface area contributed by atoms with Crippen molar-refractivity contribution in [2.45, 2.75) is 57.4 Å². The molecular formula is C21H27NO3S. The van der Waals surface area contributed by atoms with Crippen LogP contribution in [-0.2, 0) is 15.8 Å². The number of fused-ring (bicyclic) bond motifs is 1. The van der Waals surface area contributed by atoms with Crippen LogP contribution in [0.4, 0.5) is 0 Å². The summed E-state index contributed by atoms with van der Waals surface area (Å²) in [5.74, 6) is 0.769. The summed E-state index contributed by atoms with van der Waals surface area (Å²) >= 11 is 0. The van der Waals surface area contributed by atoms with Crippen LogP contribution < -0.4 is 9.46 Å². The fraction of sp³-hybridized carbons (Fsp3) is 0.429. The van der Waals surface area contributed by atoms with Gasteiger partial charge in [0.15, 0.2) is 0 Å². The van der Waals surface area contributed by atoms with Crippen LogP contribution in [-0.4, -0.2) is 14.0 Å². The van der Waals surface area contributed by atoms with Crippen LogP contribution in [0.25, 0.3) is 0 Å². The fourth-order valence-electron chi connectivity index (χ4n) is 3.69. The monoisotopic (exact) mass is 373 g/mol. The minimum atomic E-state index is -3.47. The zero-order chi connectivity index (χ0) is 18.8. The van der Waals surface area contributed by atoms with E-state index in [1.54, 1.807) is 0 Å². The number of ether oxygens (including phenoxy) is 1. The van der Waals surface area contributed by atoms with E-state index in [2.05, 4.69) is 18.6 Å². The lowest BCUT2D eigenvalue weighted by Gasteiger charge is -2.41. The number of benzene rings is 2. The second-order valence-electron chi connectivity index (χ2n) is 7.15. The first-order valence-electron chi connectivity index (χ1n) is 9.20. The summed E-state index contributed by atoms with van der Waals surface area (Å²) in [7, 11) is -3.47. The molecule has 140 valence electrons. The maximum atomic E-state index is 12.8. The van der Waals surface area contributed by atoms with Crippen molar-refractivity contribution < 1.29 is 13.2 Å². The molecule has 0 spiro atoms. The van der Waals surface area contributed by atoms with Crippen LogP contribution in [0.2, 0.25) is 0 Å². The molecule has 1 aliphatic heterocycles. The number of hydrogen-bond donors (Lipinski definition) is 1. The molecule has 1 N–H and O–H groups in total. The van der Waals surface area contributed by atoms with Gasteiger partial charge in [-0.25, -0.2) is 13.1 Å². The van der Waals surface area contributed by atoms with Crippen molar-refractivity contribution in [1.29, 1.82) is 0 Å². The Labute approximate surface area is 156 Å². The van der Waals surface area contributed by atoms with Crippen molar-refractivity contribution in [2.75, 3.05) is 0 Å². The third-order valence-electron chi connectivity index (χ3n) is 5.25. The average molecular weight is 374 g/mol. The average Bonchev–Trinajstić information content (AvgIpc) is 2.60. The summed E-state index contributed by atoms with van der Waals surface area (Å²) in [4.78, 5) is 0. The molecule has 0 radical (unpaired) electrons. The van der Waals surface area contributed by atoms with Crippen LogP contribution in [0.3, 0.4) is 0 Å². The van der Waals surface area contributed by atoms with Gasteiger partial charge in [-0.15, -0.1) is 0 Å². The highest BCUT2D eigenvalue weighted by Crippen LogP contribution is 2.42. The highest BCUT2D eigenvalue weighted by atomic mass is 32.2. The molecule has 4 nitrogen and oxygen atoms in total. The Hall–Kier alpha value is -1.85. The van der Waals surface area contributed by atoms with Crippen LogP contribution in [0.1, 0.15) is 55.8 Å². The van der Waals surface area contributed by atoms with E-state index < -0.39 is 10.0 Å². The summed E-state index contributed by atoms with van der Waals surface area (Å²) in [5.41, 5.74) is 2.45. The van der Waals surface area contributed by atoms with Crippen molar-refractivity contribution in [3.05, 3.63) is 65.2 Å². The molecule has 2 aromatic rings. The minimum Gasteiger partial charge on any atom is -0.487 e. The molecule has 1 atom stereocenters. The van der Waals surface area contributed by atoms with Crippen LogP contribution >= 0.6 is 0 Å². The van der Waals surface area contributed by atoms with Gasteiger partial charge in [-0.1, -0.05) is 61.9 Å². The SMILES string of the molecule is CCC1(CC)CC(NS(=O)(=O)Cc2cccc(C)c2)c2ccccc2O1.